The molecule has 0 saturated heterocycles. The van der Waals surface area contributed by atoms with Gasteiger partial charge in [-0.3, -0.25) is 14.3 Å². The van der Waals surface area contributed by atoms with Gasteiger partial charge in [0.15, 0.2) is 0 Å². The van der Waals surface area contributed by atoms with E-state index < -0.39 is 21.1 Å². The van der Waals surface area contributed by atoms with Crippen molar-refractivity contribution in [3.8, 4) is 0 Å². The second-order valence-electron chi connectivity index (χ2n) is 7.26. The molecule has 2 aromatic rings. The second-order valence-corrected chi connectivity index (χ2v) is 8.83. The molecule has 0 aromatic heterocycles. The first kappa shape index (κ1) is 20.5. The summed E-state index contributed by atoms with van der Waals surface area (Å²) in [5.41, 5.74) is 1.07. The van der Waals surface area contributed by atoms with Gasteiger partial charge in [0.2, 0.25) is 0 Å². The molecule has 0 aliphatic heterocycles. The standard InChI is InChI=1S/C21H25NO5S/c23-22(24)19-12-14-21(15-13-19)28(25,26)27-20-11-7-2-1-4-10-18(16-20)17-8-5-3-6-9-17/h3,5-6,8-9,12-15,18,20H,1-2,4,7,10-11,16H2. The lowest BCUT2D eigenvalue weighted by Gasteiger charge is -2.23. The van der Waals surface area contributed by atoms with E-state index in [1.165, 1.54) is 29.8 Å². The van der Waals surface area contributed by atoms with Crippen LogP contribution in [0.3, 0.4) is 0 Å². The highest BCUT2D eigenvalue weighted by molar-refractivity contribution is 7.86. The summed E-state index contributed by atoms with van der Waals surface area (Å²) in [6.45, 7) is 0. The molecule has 6 nitrogen and oxygen atoms in total. The van der Waals surface area contributed by atoms with Crippen LogP contribution in [-0.4, -0.2) is 19.4 Å². The van der Waals surface area contributed by atoms with Crippen LogP contribution in [-0.2, 0) is 14.3 Å². The van der Waals surface area contributed by atoms with Crippen molar-refractivity contribution >= 4 is 15.8 Å². The highest BCUT2D eigenvalue weighted by atomic mass is 32.2. The zero-order chi connectivity index (χ0) is 20.0. The SMILES string of the molecule is O=[N+]([O-])c1ccc(S(=O)(=O)OC2CCCCCCC(c3ccccc3)C2)cc1. The summed E-state index contributed by atoms with van der Waals surface area (Å²) < 4.78 is 31.0. The van der Waals surface area contributed by atoms with Gasteiger partial charge in [-0.2, -0.15) is 8.42 Å². The molecule has 2 unspecified atom stereocenters. The predicted octanol–water partition coefficient (Wildman–Crippen LogP) is 5.20. The van der Waals surface area contributed by atoms with E-state index in [4.69, 9.17) is 4.18 Å². The maximum Gasteiger partial charge on any atom is 0.297 e. The number of benzene rings is 2. The van der Waals surface area contributed by atoms with Crippen LogP contribution in [0.1, 0.15) is 56.4 Å². The molecular formula is C21H25NO5S. The lowest BCUT2D eigenvalue weighted by Crippen LogP contribution is -2.21. The fourth-order valence-electron chi connectivity index (χ4n) is 3.75. The first-order chi connectivity index (χ1) is 13.5. The first-order valence-corrected chi connectivity index (χ1v) is 11.1. The summed E-state index contributed by atoms with van der Waals surface area (Å²) in [4.78, 5) is 10.2. The molecule has 1 aliphatic rings. The Labute approximate surface area is 165 Å². The van der Waals surface area contributed by atoms with Gasteiger partial charge in [-0.25, -0.2) is 0 Å². The maximum atomic E-state index is 12.7. The van der Waals surface area contributed by atoms with Gasteiger partial charge in [0.05, 0.1) is 15.9 Å². The molecule has 1 saturated carbocycles. The zero-order valence-electron chi connectivity index (χ0n) is 15.7. The molecule has 2 aromatic carbocycles. The largest absolute Gasteiger partial charge is 0.297 e. The van der Waals surface area contributed by atoms with E-state index in [-0.39, 0.29) is 16.5 Å². The van der Waals surface area contributed by atoms with Crippen LogP contribution in [0, 0.1) is 10.1 Å². The third-order valence-electron chi connectivity index (χ3n) is 5.25. The van der Waals surface area contributed by atoms with Crippen LogP contribution >= 0.6 is 0 Å². The van der Waals surface area contributed by atoms with E-state index in [1.54, 1.807) is 0 Å². The van der Waals surface area contributed by atoms with Gasteiger partial charge in [-0.05, 0) is 42.9 Å². The number of nitrogens with zero attached hydrogens (tertiary/aromatic N) is 1. The van der Waals surface area contributed by atoms with Crippen LogP contribution in [0.5, 0.6) is 0 Å². The minimum atomic E-state index is -3.97. The Balaban J connectivity index is 1.77. The van der Waals surface area contributed by atoms with Gasteiger partial charge in [0.25, 0.3) is 15.8 Å². The molecule has 0 heterocycles. The molecule has 7 heteroatoms. The van der Waals surface area contributed by atoms with Gasteiger partial charge in [-0.1, -0.05) is 56.0 Å². The van der Waals surface area contributed by atoms with Crippen molar-refractivity contribution in [2.24, 2.45) is 0 Å². The number of hydrogen-bond donors (Lipinski definition) is 0. The summed E-state index contributed by atoms with van der Waals surface area (Å²) in [6, 6.07) is 15.0. The van der Waals surface area contributed by atoms with Crippen LogP contribution in [0.2, 0.25) is 0 Å². The lowest BCUT2D eigenvalue weighted by molar-refractivity contribution is -0.384. The van der Waals surface area contributed by atoms with Gasteiger partial charge in [0.1, 0.15) is 0 Å². The molecule has 150 valence electrons. The molecule has 2 atom stereocenters. The molecule has 28 heavy (non-hydrogen) atoms. The van der Waals surface area contributed by atoms with Gasteiger partial charge >= 0.3 is 0 Å². The summed E-state index contributed by atoms with van der Waals surface area (Å²) in [7, 11) is -3.97. The van der Waals surface area contributed by atoms with Crippen molar-refractivity contribution in [3.63, 3.8) is 0 Å². The minimum absolute atomic E-state index is 0.0470. The Morgan fingerprint density at radius 2 is 1.54 bits per heavy atom. The summed E-state index contributed by atoms with van der Waals surface area (Å²) >= 11 is 0. The Kier molecular flexibility index (Phi) is 6.80. The molecule has 1 fully saturated rings. The quantitative estimate of drug-likeness (QED) is 0.389. The van der Waals surface area contributed by atoms with Crippen molar-refractivity contribution in [2.45, 2.75) is 61.9 Å². The van der Waals surface area contributed by atoms with Crippen molar-refractivity contribution in [1.82, 2.24) is 0 Å². The summed E-state index contributed by atoms with van der Waals surface area (Å²) in [5.74, 6) is 0.261. The molecular weight excluding hydrogens is 378 g/mol. The Hall–Kier alpha value is -2.25. The molecule has 0 N–H and O–H groups in total. The molecule has 0 bridgehead atoms. The fraction of sp³-hybridized carbons (Fsp3) is 0.429. The summed E-state index contributed by atoms with van der Waals surface area (Å²) in [6.07, 6.45) is 6.23. The Morgan fingerprint density at radius 3 is 2.18 bits per heavy atom. The van der Waals surface area contributed by atoms with Crippen LogP contribution in [0.15, 0.2) is 59.5 Å². The van der Waals surface area contributed by atoms with Gasteiger partial charge in [-0.15, -0.1) is 0 Å². The Morgan fingerprint density at radius 1 is 0.893 bits per heavy atom. The fourth-order valence-corrected chi connectivity index (χ4v) is 4.87. The number of nitro groups is 1. The number of non-ortho nitro benzene ring substituents is 1. The number of hydrogen-bond acceptors (Lipinski definition) is 5. The van der Waals surface area contributed by atoms with E-state index in [9.17, 15) is 18.5 Å². The maximum absolute atomic E-state index is 12.7. The minimum Gasteiger partial charge on any atom is -0.263 e. The van der Waals surface area contributed by atoms with Crippen LogP contribution in [0.4, 0.5) is 5.69 Å². The van der Waals surface area contributed by atoms with Crippen molar-refractivity contribution in [1.29, 1.82) is 0 Å². The normalized spacial score (nSPS) is 21.3. The smallest absolute Gasteiger partial charge is 0.263 e. The molecule has 0 spiro atoms. The molecule has 1 aliphatic carbocycles. The topological polar surface area (TPSA) is 86.5 Å². The van der Waals surface area contributed by atoms with Crippen molar-refractivity contribution in [2.75, 3.05) is 0 Å². The number of nitro benzene ring substituents is 1. The van der Waals surface area contributed by atoms with E-state index >= 15 is 0 Å². The van der Waals surface area contributed by atoms with Crippen LogP contribution < -0.4 is 0 Å². The van der Waals surface area contributed by atoms with Crippen LogP contribution in [0.25, 0.3) is 0 Å². The van der Waals surface area contributed by atoms with E-state index in [1.807, 2.05) is 18.2 Å². The van der Waals surface area contributed by atoms with Gasteiger partial charge < -0.3 is 0 Å². The first-order valence-electron chi connectivity index (χ1n) is 9.68. The predicted molar refractivity (Wildman–Crippen MR) is 107 cm³/mol. The lowest BCUT2D eigenvalue weighted by atomic mass is 9.89. The highest BCUT2D eigenvalue weighted by Crippen LogP contribution is 2.33. The van der Waals surface area contributed by atoms with Crippen molar-refractivity contribution in [3.05, 3.63) is 70.3 Å². The average Bonchev–Trinajstić information content (AvgIpc) is 2.80. The second kappa shape index (κ2) is 9.30. The van der Waals surface area contributed by atoms with Gasteiger partial charge in [0, 0.05) is 12.1 Å². The van der Waals surface area contributed by atoms with E-state index in [0.29, 0.717) is 12.8 Å². The number of rotatable bonds is 5. The molecule has 0 amide bonds. The highest BCUT2D eigenvalue weighted by Gasteiger charge is 2.26. The van der Waals surface area contributed by atoms with E-state index in [2.05, 4.69) is 12.1 Å². The third-order valence-corrected chi connectivity index (χ3v) is 6.62. The molecule has 3 rings (SSSR count). The monoisotopic (exact) mass is 403 g/mol. The third kappa shape index (κ3) is 5.39. The van der Waals surface area contributed by atoms with E-state index in [0.717, 1.165) is 32.1 Å². The summed E-state index contributed by atoms with van der Waals surface area (Å²) in [5, 5.41) is 10.8. The van der Waals surface area contributed by atoms with Crippen molar-refractivity contribution < 1.29 is 17.5 Å². The average molecular weight is 404 g/mol. The Bertz CT molecular complexity index is 881. The molecule has 0 radical (unpaired) electrons. The zero-order valence-corrected chi connectivity index (χ0v) is 16.5.